The van der Waals surface area contributed by atoms with Crippen LogP contribution >= 0.6 is 0 Å². The van der Waals surface area contributed by atoms with Crippen molar-refractivity contribution in [2.24, 2.45) is 5.92 Å². The maximum atomic E-state index is 12.1. The molecule has 0 aromatic carbocycles. The molecule has 2 fully saturated rings. The number of piperazine rings is 1. The molecular formula is C13H23N3O3. The molecule has 6 nitrogen and oxygen atoms in total. The molecule has 0 atom stereocenters. The smallest absolute Gasteiger partial charge is 0.319 e. The second kappa shape index (κ2) is 6.23. The number of carboxylic acids is 1. The number of hydrogen-bond acceptors (Lipinski definition) is 3. The third-order valence-electron chi connectivity index (χ3n) is 3.84. The number of hydrogen-bond donors (Lipinski definition) is 1. The Morgan fingerprint density at radius 2 is 1.84 bits per heavy atom. The van der Waals surface area contributed by atoms with E-state index in [0.717, 1.165) is 32.1 Å². The van der Waals surface area contributed by atoms with Crippen LogP contribution in [0.3, 0.4) is 0 Å². The highest BCUT2D eigenvalue weighted by atomic mass is 16.4. The fraction of sp³-hybridized carbons (Fsp3) is 0.846. The van der Waals surface area contributed by atoms with Crippen LogP contribution in [0, 0.1) is 5.92 Å². The highest BCUT2D eigenvalue weighted by Crippen LogP contribution is 2.29. The number of amides is 2. The van der Waals surface area contributed by atoms with E-state index in [1.54, 1.807) is 7.05 Å². The molecule has 1 saturated carbocycles. The zero-order valence-corrected chi connectivity index (χ0v) is 11.5. The highest BCUT2D eigenvalue weighted by Gasteiger charge is 2.28. The molecule has 0 radical (unpaired) electrons. The quantitative estimate of drug-likeness (QED) is 0.791. The normalized spacial score (nSPS) is 20.4. The van der Waals surface area contributed by atoms with E-state index in [9.17, 15) is 9.59 Å². The number of aliphatic carboxylic acids is 1. The van der Waals surface area contributed by atoms with Crippen LogP contribution in [0.4, 0.5) is 4.79 Å². The van der Waals surface area contributed by atoms with Gasteiger partial charge >= 0.3 is 12.0 Å². The predicted octanol–water partition coefficient (Wildman–Crippen LogP) is 0.540. The summed E-state index contributed by atoms with van der Waals surface area (Å²) in [6.07, 6.45) is 2.72. The molecular weight excluding hydrogens is 246 g/mol. The van der Waals surface area contributed by atoms with Gasteiger partial charge in [-0.3, -0.25) is 9.69 Å². The maximum Gasteiger partial charge on any atom is 0.319 e. The van der Waals surface area contributed by atoms with E-state index in [1.807, 2.05) is 4.90 Å². The lowest BCUT2D eigenvalue weighted by Crippen LogP contribution is -2.52. The number of rotatable bonds is 5. The third-order valence-corrected chi connectivity index (χ3v) is 3.84. The van der Waals surface area contributed by atoms with E-state index in [-0.39, 0.29) is 19.0 Å². The molecule has 6 heteroatoms. The molecule has 0 aromatic rings. The van der Waals surface area contributed by atoms with Gasteiger partial charge in [0.1, 0.15) is 0 Å². The fourth-order valence-electron chi connectivity index (χ4n) is 2.39. The topological polar surface area (TPSA) is 64.1 Å². The Morgan fingerprint density at radius 1 is 1.21 bits per heavy atom. The molecule has 1 aliphatic heterocycles. The lowest BCUT2D eigenvalue weighted by molar-refractivity contribution is -0.137. The van der Waals surface area contributed by atoms with Crippen LogP contribution in [0.1, 0.15) is 19.3 Å². The van der Waals surface area contributed by atoms with Crippen molar-refractivity contribution in [2.75, 3.05) is 46.3 Å². The molecule has 1 N–H and O–H groups in total. The van der Waals surface area contributed by atoms with E-state index < -0.39 is 5.97 Å². The first kappa shape index (κ1) is 14.1. The number of nitrogens with zero attached hydrogens (tertiary/aromatic N) is 3. The Labute approximate surface area is 114 Å². The Morgan fingerprint density at radius 3 is 2.37 bits per heavy atom. The average Bonchev–Trinajstić information content (AvgIpc) is 3.20. The number of carbonyl (C=O) groups excluding carboxylic acids is 1. The zero-order chi connectivity index (χ0) is 13.8. The molecule has 1 saturated heterocycles. The van der Waals surface area contributed by atoms with Crippen molar-refractivity contribution in [1.82, 2.24) is 14.7 Å². The summed E-state index contributed by atoms with van der Waals surface area (Å²) in [5, 5.41) is 8.62. The molecule has 0 spiro atoms. The van der Waals surface area contributed by atoms with Crippen LogP contribution in [-0.2, 0) is 4.79 Å². The van der Waals surface area contributed by atoms with Gasteiger partial charge in [0.05, 0.1) is 6.42 Å². The molecule has 0 aromatic heterocycles. The van der Waals surface area contributed by atoms with Crippen molar-refractivity contribution in [3.05, 3.63) is 0 Å². The fourth-order valence-corrected chi connectivity index (χ4v) is 2.39. The number of carboxylic acid groups (broad SMARTS) is 1. The lowest BCUT2D eigenvalue weighted by atomic mass is 10.3. The predicted molar refractivity (Wildman–Crippen MR) is 71.0 cm³/mol. The van der Waals surface area contributed by atoms with Crippen LogP contribution < -0.4 is 0 Å². The van der Waals surface area contributed by atoms with Crippen molar-refractivity contribution >= 4 is 12.0 Å². The molecule has 0 unspecified atom stereocenters. The van der Waals surface area contributed by atoms with E-state index in [0.29, 0.717) is 0 Å². The summed E-state index contributed by atoms with van der Waals surface area (Å²) in [7, 11) is 1.67. The lowest BCUT2D eigenvalue weighted by Gasteiger charge is -2.36. The number of carbonyl (C=O) groups is 2. The van der Waals surface area contributed by atoms with Crippen LogP contribution in [-0.4, -0.2) is 78.1 Å². The summed E-state index contributed by atoms with van der Waals surface area (Å²) >= 11 is 0. The molecule has 0 bridgehead atoms. The van der Waals surface area contributed by atoms with Gasteiger partial charge in [0.15, 0.2) is 0 Å². The van der Waals surface area contributed by atoms with Gasteiger partial charge < -0.3 is 14.9 Å². The number of urea groups is 1. The highest BCUT2D eigenvalue weighted by molar-refractivity contribution is 5.75. The second-order valence-electron chi connectivity index (χ2n) is 5.58. The molecule has 108 valence electrons. The van der Waals surface area contributed by atoms with Crippen LogP contribution in [0.5, 0.6) is 0 Å². The van der Waals surface area contributed by atoms with E-state index in [1.165, 1.54) is 24.3 Å². The minimum atomic E-state index is -0.867. The Kier molecular flexibility index (Phi) is 4.63. The Bertz CT molecular complexity index is 336. The SMILES string of the molecule is CN(CCC(=O)O)C(=O)N1CCN(CC2CC2)CC1. The van der Waals surface area contributed by atoms with Gasteiger partial charge in [0, 0.05) is 46.3 Å². The maximum absolute atomic E-state index is 12.1. The van der Waals surface area contributed by atoms with Gasteiger partial charge in [-0.1, -0.05) is 0 Å². The molecule has 2 amide bonds. The van der Waals surface area contributed by atoms with Gasteiger partial charge in [0.2, 0.25) is 0 Å². The van der Waals surface area contributed by atoms with Crippen molar-refractivity contribution < 1.29 is 14.7 Å². The van der Waals surface area contributed by atoms with Gasteiger partial charge in [-0.05, 0) is 18.8 Å². The first-order valence-corrected chi connectivity index (χ1v) is 7.00. The summed E-state index contributed by atoms with van der Waals surface area (Å²) in [5.74, 6) is 0.0226. The first-order valence-electron chi connectivity index (χ1n) is 7.00. The average molecular weight is 269 g/mol. The summed E-state index contributed by atoms with van der Waals surface area (Å²) < 4.78 is 0. The standard InChI is InChI=1S/C13H23N3O3/c1-14(5-4-12(17)18)13(19)16-8-6-15(7-9-16)10-11-2-3-11/h11H,2-10H2,1H3,(H,17,18). The van der Waals surface area contributed by atoms with Crippen molar-refractivity contribution in [1.29, 1.82) is 0 Å². The van der Waals surface area contributed by atoms with E-state index >= 15 is 0 Å². The summed E-state index contributed by atoms with van der Waals surface area (Å²) in [6.45, 7) is 4.84. The van der Waals surface area contributed by atoms with Gasteiger partial charge in [-0.25, -0.2) is 4.79 Å². The molecule has 19 heavy (non-hydrogen) atoms. The van der Waals surface area contributed by atoms with Crippen LogP contribution in [0.25, 0.3) is 0 Å². The molecule has 2 aliphatic rings. The van der Waals surface area contributed by atoms with Crippen molar-refractivity contribution in [3.63, 3.8) is 0 Å². The third kappa shape index (κ3) is 4.38. The molecule has 1 heterocycles. The Hall–Kier alpha value is -1.30. The van der Waals surface area contributed by atoms with Gasteiger partial charge in [0.25, 0.3) is 0 Å². The van der Waals surface area contributed by atoms with Crippen LogP contribution in [0.2, 0.25) is 0 Å². The second-order valence-corrected chi connectivity index (χ2v) is 5.58. The summed E-state index contributed by atoms with van der Waals surface area (Å²) in [6, 6.07) is -0.0488. The van der Waals surface area contributed by atoms with Crippen molar-refractivity contribution in [3.8, 4) is 0 Å². The van der Waals surface area contributed by atoms with E-state index in [2.05, 4.69) is 4.90 Å². The zero-order valence-electron chi connectivity index (χ0n) is 11.5. The monoisotopic (exact) mass is 269 g/mol. The molecule has 2 rings (SSSR count). The van der Waals surface area contributed by atoms with Gasteiger partial charge in [-0.2, -0.15) is 0 Å². The summed E-state index contributed by atoms with van der Waals surface area (Å²) in [4.78, 5) is 28.3. The van der Waals surface area contributed by atoms with Gasteiger partial charge in [-0.15, -0.1) is 0 Å². The minimum absolute atomic E-state index is 0.00385. The largest absolute Gasteiger partial charge is 0.481 e. The summed E-state index contributed by atoms with van der Waals surface area (Å²) in [5.41, 5.74) is 0. The van der Waals surface area contributed by atoms with Crippen molar-refractivity contribution in [2.45, 2.75) is 19.3 Å². The van der Waals surface area contributed by atoms with Crippen LogP contribution in [0.15, 0.2) is 0 Å². The first-order chi connectivity index (χ1) is 9.06. The Balaban J connectivity index is 1.70. The van der Waals surface area contributed by atoms with E-state index in [4.69, 9.17) is 5.11 Å². The molecule has 1 aliphatic carbocycles. The minimum Gasteiger partial charge on any atom is -0.481 e.